The summed E-state index contributed by atoms with van der Waals surface area (Å²) in [6.45, 7) is 2.15. The van der Waals surface area contributed by atoms with Crippen LogP contribution in [0.2, 0.25) is 0 Å². The molecule has 0 radical (unpaired) electrons. The van der Waals surface area contributed by atoms with Crippen molar-refractivity contribution in [1.82, 2.24) is 4.90 Å². The third-order valence-corrected chi connectivity index (χ3v) is 3.21. The molecule has 0 fully saturated rings. The first kappa shape index (κ1) is 16.0. The largest absolute Gasteiger partial charge is 0.493 e. The van der Waals surface area contributed by atoms with Gasteiger partial charge >= 0.3 is 0 Å². The number of carbonyl (C=O) groups is 1. The summed E-state index contributed by atoms with van der Waals surface area (Å²) in [5.41, 5.74) is 0.752. The number of halogens is 1. The van der Waals surface area contributed by atoms with E-state index in [-0.39, 0.29) is 5.91 Å². The first-order valence-electron chi connectivity index (χ1n) is 6.22. The lowest BCUT2D eigenvalue weighted by molar-refractivity contribution is -0.128. The molecule has 0 aliphatic rings. The van der Waals surface area contributed by atoms with E-state index in [2.05, 4.69) is 15.9 Å². The van der Waals surface area contributed by atoms with Crippen molar-refractivity contribution in [2.45, 2.75) is 25.9 Å². The van der Waals surface area contributed by atoms with E-state index >= 15 is 0 Å². The van der Waals surface area contributed by atoms with Crippen molar-refractivity contribution in [3.8, 4) is 5.75 Å². The molecule has 106 valence electrons. The highest BCUT2D eigenvalue weighted by Crippen LogP contribution is 2.28. The summed E-state index contributed by atoms with van der Waals surface area (Å²) >= 11 is 3.37. The van der Waals surface area contributed by atoms with Crippen molar-refractivity contribution >= 4 is 21.8 Å². The van der Waals surface area contributed by atoms with Crippen molar-refractivity contribution < 1.29 is 14.6 Å². The van der Waals surface area contributed by atoms with Crippen LogP contribution >= 0.6 is 15.9 Å². The number of hydrogen-bond donors (Lipinski definition) is 1. The van der Waals surface area contributed by atoms with E-state index < -0.39 is 6.10 Å². The lowest BCUT2D eigenvalue weighted by atomic mass is 10.1. The molecule has 0 heterocycles. The predicted octanol–water partition coefficient (Wildman–Crippen LogP) is 2.75. The molecule has 0 bridgehead atoms. The molecule has 1 atom stereocenters. The molecule has 1 rings (SSSR count). The molecular formula is C14H20BrNO3. The Balaban J connectivity index is 2.53. The summed E-state index contributed by atoms with van der Waals surface area (Å²) in [4.78, 5) is 13.0. The fourth-order valence-electron chi connectivity index (χ4n) is 1.61. The molecule has 0 aliphatic carbocycles. The Morgan fingerprint density at radius 3 is 2.74 bits per heavy atom. The lowest BCUT2D eigenvalue weighted by Crippen LogP contribution is -2.21. The molecule has 0 aliphatic heterocycles. The van der Waals surface area contributed by atoms with Gasteiger partial charge in [0.05, 0.1) is 12.7 Å². The lowest BCUT2D eigenvalue weighted by Gasteiger charge is -2.14. The Morgan fingerprint density at radius 1 is 1.47 bits per heavy atom. The monoisotopic (exact) mass is 329 g/mol. The average molecular weight is 330 g/mol. The summed E-state index contributed by atoms with van der Waals surface area (Å²) in [5.74, 6) is 0.746. The Labute approximate surface area is 122 Å². The Kier molecular flexibility index (Phi) is 6.31. The van der Waals surface area contributed by atoms with Crippen molar-refractivity contribution in [2.24, 2.45) is 0 Å². The molecule has 1 unspecified atom stereocenters. The fraction of sp³-hybridized carbons (Fsp3) is 0.500. The van der Waals surface area contributed by atoms with Crippen LogP contribution in [-0.4, -0.2) is 36.6 Å². The average Bonchev–Trinajstić information content (AvgIpc) is 2.33. The number of benzene rings is 1. The molecule has 0 aromatic heterocycles. The summed E-state index contributed by atoms with van der Waals surface area (Å²) in [6, 6.07) is 5.52. The van der Waals surface area contributed by atoms with Crippen LogP contribution in [0.25, 0.3) is 0 Å². The SMILES string of the molecule is CC(O)c1ccc(Br)cc1OCCCC(=O)N(C)C. The third kappa shape index (κ3) is 5.20. The molecule has 1 amide bonds. The molecule has 1 aromatic carbocycles. The minimum Gasteiger partial charge on any atom is -0.493 e. The van der Waals surface area contributed by atoms with Gasteiger partial charge in [-0.1, -0.05) is 22.0 Å². The van der Waals surface area contributed by atoms with E-state index in [1.165, 1.54) is 0 Å². The molecule has 19 heavy (non-hydrogen) atoms. The van der Waals surface area contributed by atoms with Gasteiger partial charge in [-0.3, -0.25) is 4.79 Å². The second kappa shape index (κ2) is 7.50. The smallest absolute Gasteiger partial charge is 0.222 e. The van der Waals surface area contributed by atoms with Crippen LogP contribution in [0.1, 0.15) is 31.4 Å². The molecular weight excluding hydrogens is 310 g/mol. The van der Waals surface area contributed by atoms with Crippen molar-refractivity contribution in [2.75, 3.05) is 20.7 Å². The fourth-order valence-corrected chi connectivity index (χ4v) is 1.95. The second-order valence-electron chi connectivity index (χ2n) is 4.60. The number of aliphatic hydroxyl groups excluding tert-OH is 1. The number of rotatable bonds is 6. The molecule has 0 saturated carbocycles. The number of aliphatic hydroxyl groups is 1. The van der Waals surface area contributed by atoms with E-state index in [1.54, 1.807) is 25.9 Å². The van der Waals surface area contributed by atoms with Gasteiger partial charge in [0.2, 0.25) is 5.91 Å². The summed E-state index contributed by atoms with van der Waals surface area (Å²) < 4.78 is 6.55. The minimum atomic E-state index is -0.577. The quantitative estimate of drug-likeness (QED) is 0.816. The normalized spacial score (nSPS) is 12.1. The molecule has 0 saturated heterocycles. The topological polar surface area (TPSA) is 49.8 Å². The van der Waals surface area contributed by atoms with Gasteiger partial charge in [-0.25, -0.2) is 0 Å². The van der Waals surface area contributed by atoms with Crippen LogP contribution < -0.4 is 4.74 Å². The molecule has 0 spiro atoms. The number of carbonyl (C=O) groups excluding carboxylic acids is 1. The first-order valence-corrected chi connectivity index (χ1v) is 7.01. The zero-order valence-electron chi connectivity index (χ0n) is 11.5. The van der Waals surface area contributed by atoms with Gasteiger partial charge in [0.25, 0.3) is 0 Å². The van der Waals surface area contributed by atoms with E-state index in [9.17, 15) is 9.90 Å². The molecule has 5 heteroatoms. The Bertz CT molecular complexity index is 433. The number of nitrogens with zero attached hydrogens (tertiary/aromatic N) is 1. The van der Waals surface area contributed by atoms with E-state index in [4.69, 9.17) is 4.74 Å². The maximum atomic E-state index is 11.4. The molecule has 1 N–H and O–H groups in total. The maximum absolute atomic E-state index is 11.4. The molecule has 1 aromatic rings. The highest BCUT2D eigenvalue weighted by atomic mass is 79.9. The van der Waals surface area contributed by atoms with Crippen molar-refractivity contribution in [3.05, 3.63) is 28.2 Å². The second-order valence-corrected chi connectivity index (χ2v) is 5.51. The number of amides is 1. The van der Waals surface area contributed by atoms with E-state index in [1.807, 2.05) is 18.2 Å². The van der Waals surface area contributed by atoms with Gasteiger partial charge in [-0.2, -0.15) is 0 Å². The first-order chi connectivity index (χ1) is 8.91. The van der Waals surface area contributed by atoms with Crippen LogP contribution in [0.5, 0.6) is 5.75 Å². The summed E-state index contributed by atoms with van der Waals surface area (Å²) in [5, 5.41) is 9.66. The van der Waals surface area contributed by atoms with Crippen LogP contribution in [0.3, 0.4) is 0 Å². The Morgan fingerprint density at radius 2 is 2.16 bits per heavy atom. The van der Waals surface area contributed by atoms with Gasteiger partial charge in [-0.05, 0) is 25.5 Å². The van der Waals surface area contributed by atoms with Crippen LogP contribution in [0.4, 0.5) is 0 Å². The van der Waals surface area contributed by atoms with Gasteiger partial charge in [-0.15, -0.1) is 0 Å². The number of ether oxygens (including phenoxy) is 1. The van der Waals surface area contributed by atoms with E-state index in [0.29, 0.717) is 25.2 Å². The zero-order chi connectivity index (χ0) is 14.4. The Hall–Kier alpha value is -1.07. The van der Waals surface area contributed by atoms with Crippen molar-refractivity contribution in [1.29, 1.82) is 0 Å². The summed E-state index contributed by atoms with van der Waals surface area (Å²) in [7, 11) is 3.48. The highest BCUT2D eigenvalue weighted by molar-refractivity contribution is 9.10. The zero-order valence-corrected chi connectivity index (χ0v) is 13.1. The standard InChI is InChI=1S/C14H20BrNO3/c1-10(17)12-7-6-11(15)9-13(12)19-8-4-5-14(18)16(2)3/h6-7,9-10,17H,4-5,8H2,1-3H3. The van der Waals surface area contributed by atoms with Crippen molar-refractivity contribution in [3.63, 3.8) is 0 Å². The van der Waals surface area contributed by atoms with Gasteiger partial charge in [0, 0.05) is 30.6 Å². The molecule has 4 nitrogen and oxygen atoms in total. The highest BCUT2D eigenvalue weighted by Gasteiger charge is 2.10. The third-order valence-electron chi connectivity index (χ3n) is 2.72. The number of hydrogen-bond acceptors (Lipinski definition) is 3. The van der Waals surface area contributed by atoms with Gasteiger partial charge in [0.15, 0.2) is 0 Å². The van der Waals surface area contributed by atoms with Crippen LogP contribution in [-0.2, 0) is 4.79 Å². The predicted molar refractivity (Wildman–Crippen MR) is 78.2 cm³/mol. The maximum Gasteiger partial charge on any atom is 0.222 e. The van der Waals surface area contributed by atoms with Gasteiger partial charge in [0.1, 0.15) is 5.75 Å². The van der Waals surface area contributed by atoms with Crippen LogP contribution in [0, 0.1) is 0 Å². The minimum absolute atomic E-state index is 0.0913. The van der Waals surface area contributed by atoms with Crippen LogP contribution in [0.15, 0.2) is 22.7 Å². The summed E-state index contributed by atoms with van der Waals surface area (Å²) in [6.07, 6.45) is 0.542. The van der Waals surface area contributed by atoms with E-state index in [0.717, 1.165) is 10.0 Å². The van der Waals surface area contributed by atoms with Gasteiger partial charge < -0.3 is 14.7 Å².